The molecule has 0 aliphatic heterocycles. The zero-order valence-electron chi connectivity index (χ0n) is 10.8. The lowest BCUT2D eigenvalue weighted by molar-refractivity contribution is -0.136. The van der Waals surface area contributed by atoms with Crippen LogP contribution in [0.5, 0.6) is 5.75 Å². The molecule has 0 fully saturated rings. The fraction of sp³-hybridized carbons (Fsp3) is 0.385. The van der Waals surface area contributed by atoms with Gasteiger partial charge in [0.05, 0.1) is 12.2 Å². The van der Waals surface area contributed by atoms with E-state index < -0.39 is 18.6 Å². The van der Waals surface area contributed by atoms with Crippen LogP contribution in [0, 0.1) is 0 Å². The van der Waals surface area contributed by atoms with Crippen molar-refractivity contribution >= 4 is 11.9 Å². The first-order valence-electron chi connectivity index (χ1n) is 5.90. The highest BCUT2D eigenvalue weighted by Crippen LogP contribution is 2.24. The van der Waals surface area contributed by atoms with Crippen LogP contribution < -0.4 is 4.74 Å². The van der Waals surface area contributed by atoms with Gasteiger partial charge in [-0.3, -0.25) is 4.79 Å². The van der Waals surface area contributed by atoms with Gasteiger partial charge in [0.25, 0.3) is 0 Å². The van der Waals surface area contributed by atoms with Gasteiger partial charge >= 0.3 is 18.6 Å². The first-order valence-corrected chi connectivity index (χ1v) is 5.90. The van der Waals surface area contributed by atoms with E-state index in [1.165, 1.54) is 12.1 Å². The number of carbonyl (C=O) groups excluding carboxylic acids is 1. The van der Waals surface area contributed by atoms with Crippen molar-refractivity contribution in [3.8, 4) is 5.75 Å². The van der Waals surface area contributed by atoms with Gasteiger partial charge in [-0.25, -0.2) is 4.79 Å². The molecule has 0 heterocycles. The van der Waals surface area contributed by atoms with E-state index in [0.29, 0.717) is 5.56 Å². The summed E-state index contributed by atoms with van der Waals surface area (Å²) in [5, 5.41) is 8.60. The molecule has 0 aromatic heterocycles. The summed E-state index contributed by atoms with van der Waals surface area (Å²) in [5.41, 5.74) is 0.363. The van der Waals surface area contributed by atoms with E-state index in [1.807, 2.05) is 0 Å². The number of carboxylic acid groups (broad SMARTS) is 1. The Labute approximate surface area is 114 Å². The normalized spacial score (nSPS) is 10.4. The summed E-state index contributed by atoms with van der Waals surface area (Å²) in [6.07, 6.45) is -0.196. The predicted molar refractivity (Wildman–Crippen MR) is 65.0 cm³/mol. The molecule has 0 saturated carbocycles. The molecule has 0 spiro atoms. The molecule has 0 aliphatic carbocycles. The van der Waals surface area contributed by atoms with Gasteiger partial charge in [0.2, 0.25) is 0 Å². The zero-order valence-corrected chi connectivity index (χ0v) is 10.8. The summed E-state index contributed by atoms with van der Waals surface area (Å²) < 4.78 is 33.7. The molecular weight excluding hydrogens is 274 g/mol. The number of esters is 1. The lowest BCUT2D eigenvalue weighted by Crippen LogP contribution is -2.09. The number of halogens is 2. The van der Waals surface area contributed by atoms with Gasteiger partial charge in [0, 0.05) is 6.42 Å². The van der Waals surface area contributed by atoms with Crippen LogP contribution in [0.4, 0.5) is 8.78 Å². The first-order chi connectivity index (χ1) is 9.43. The number of alkyl halides is 2. The summed E-state index contributed by atoms with van der Waals surface area (Å²) >= 11 is 0. The second-order valence-corrected chi connectivity index (χ2v) is 3.82. The number of rotatable bonds is 7. The van der Waals surface area contributed by atoms with Gasteiger partial charge in [0.1, 0.15) is 5.75 Å². The van der Waals surface area contributed by atoms with Crippen molar-refractivity contribution in [1.29, 1.82) is 0 Å². The number of hydrogen-bond acceptors (Lipinski definition) is 4. The predicted octanol–water partition coefficient (Wildman–Crippen LogP) is 2.48. The Morgan fingerprint density at radius 1 is 1.35 bits per heavy atom. The van der Waals surface area contributed by atoms with Crippen LogP contribution >= 0.6 is 0 Å². The largest absolute Gasteiger partial charge is 0.481 e. The smallest absolute Gasteiger partial charge is 0.387 e. The van der Waals surface area contributed by atoms with Crippen LogP contribution in [-0.2, 0) is 16.0 Å². The third kappa shape index (κ3) is 4.83. The molecule has 1 aromatic rings. The van der Waals surface area contributed by atoms with E-state index in [1.54, 1.807) is 6.92 Å². The second kappa shape index (κ2) is 7.42. The Balaban J connectivity index is 2.99. The van der Waals surface area contributed by atoms with Crippen LogP contribution in [0.2, 0.25) is 0 Å². The molecule has 0 radical (unpaired) electrons. The number of carboxylic acids is 1. The molecule has 1 rings (SSSR count). The average molecular weight is 288 g/mol. The third-order valence-electron chi connectivity index (χ3n) is 2.40. The Bertz CT molecular complexity index is 488. The van der Waals surface area contributed by atoms with E-state index >= 15 is 0 Å². The molecule has 1 N–H and O–H groups in total. The number of carbonyl (C=O) groups is 2. The summed E-state index contributed by atoms with van der Waals surface area (Å²) in [4.78, 5) is 22.0. The molecule has 0 aliphatic rings. The average Bonchev–Trinajstić information content (AvgIpc) is 2.36. The van der Waals surface area contributed by atoms with Crippen molar-refractivity contribution in [2.45, 2.75) is 26.4 Å². The fourth-order valence-electron chi connectivity index (χ4n) is 1.55. The van der Waals surface area contributed by atoms with Crippen LogP contribution in [0.25, 0.3) is 0 Å². The SMILES string of the molecule is CCOC(=O)c1ccc(CCC(=O)O)c(OC(F)F)c1. The minimum atomic E-state index is -3.06. The van der Waals surface area contributed by atoms with Gasteiger partial charge in [-0.15, -0.1) is 0 Å². The lowest BCUT2D eigenvalue weighted by Gasteiger charge is -2.11. The monoisotopic (exact) mass is 288 g/mol. The van der Waals surface area contributed by atoms with Gasteiger partial charge in [-0.2, -0.15) is 8.78 Å². The van der Waals surface area contributed by atoms with Gasteiger partial charge in [-0.05, 0) is 31.0 Å². The molecule has 7 heteroatoms. The Morgan fingerprint density at radius 3 is 2.60 bits per heavy atom. The van der Waals surface area contributed by atoms with E-state index in [2.05, 4.69) is 4.74 Å². The van der Waals surface area contributed by atoms with Gasteiger partial charge in [-0.1, -0.05) is 6.07 Å². The highest BCUT2D eigenvalue weighted by molar-refractivity contribution is 5.90. The Kier molecular flexibility index (Phi) is 5.89. The maximum absolute atomic E-state index is 12.3. The highest BCUT2D eigenvalue weighted by Gasteiger charge is 2.15. The molecule has 0 bridgehead atoms. The van der Waals surface area contributed by atoms with E-state index in [-0.39, 0.29) is 30.8 Å². The molecule has 0 amide bonds. The quantitative estimate of drug-likeness (QED) is 0.780. The van der Waals surface area contributed by atoms with Crippen molar-refractivity contribution < 1.29 is 33.0 Å². The molecule has 1 aromatic carbocycles. The standard InChI is InChI=1S/C13H14F2O5/c1-2-19-12(18)9-4-3-8(5-6-11(16)17)10(7-9)20-13(14)15/h3-4,7,13H,2,5-6H2,1H3,(H,16,17). The van der Waals surface area contributed by atoms with Crippen LogP contribution in [0.3, 0.4) is 0 Å². The molecule has 110 valence electrons. The maximum Gasteiger partial charge on any atom is 0.387 e. The van der Waals surface area contributed by atoms with Gasteiger partial charge in [0.15, 0.2) is 0 Å². The summed E-state index contributed by atoms with van der Waals surface area (Å²) in [5.74, 6) is -1.93. The molecule has 0 saturated heterocycles. The van der Waals surface area contributed by atoms with Crippen molar-refractivity contribution in [2.24, 2.45) is 0 Å². The lowest BCUT2D eigenvalue weighted by atomic mass is 10.1. The molecular formula is C13H14F2O5. The zero-order chi connectivity index (χ0) is 15.1. The number of ether oxygens (including phenoxy) is 2. The van der Waals surface area contributed by atoms with Crippen molar-refractivity contribution in [3.63, 3.8) is 0 Å². The topological polar surface area (TPSA) is 72.8 Å². The number of benzene rings is 1. The molecule has 5 nitrogen and oxygen atoms in total. The van der Waals surface area contributed by atoms with E-state index in [9.17, 15) is 18.4 Å². The molecule has 0 unspecified atom stereocenters. The van der Waals surface area contributed by atoms with E-state index in [4.69, 9.17) is 9.84 Å². The Hall–Kier alpha value is -2.18. The summed E-state index contributed by atoms with van der Waals surface area (Å²) in [6, 6.07) is 3.89. The van der Waals surface area contributed by atoms with Crippen LogP contribution in [-0.4, -0.2) is 30.3 Å². The van der Waals surface area contributed by atoms with Crippen molar-refractivity contribution in [2.75, 3.05) is 6.61 Å². The maximum atomic E-state index is 12.3. The minimum Gasteiger partial charge on any atom is -0.481 e. The number of aliphatic carboxylic acids is 1. The minimum absolute atomic E-state index is 0.0283. The fourth-order valence-corrected chi connectivity index (χ4v) is 1.55. The number of aryl methyl sites for hydroxylation is 1. The number of hydrogen-bond donors (Lipinski definition) is 1. The summed E-state index contributed by atoms with van der Waals surface area (Å²) in [6.45, 7) is -1.28. The molecule has 20 heavy (non-hydrogen) atoms. The molecule has 0 atom stereocenters. The summed E-state index contributed by atoms with van der Waals surface area (Å²) in [7, 11) is 0. The van der Waals surface area contributed by atoms with Crippen LogP contribution in [0.1, 0.15) is 29.3 Å². The van der Waals surface area contributed by atoms with Crippen molar-refractivity contribution in [3.05, 3.63) is 29.3 Å². The van der Waals surface area contributed by atoms with Crippen molar-refractivity contribution in [1.82, 2.24) is 0 Å². The highest BCUT2D eigenvalue weighted by atomic mass is 19.3. The van der Waals surface area contributed by atoms with Gasteiger partial charge < -0.3 is 14.6 Å². The first kappa shape index (κ1) is 15.9. The second-order valence-electron chi connectivity index (χ2n) is 3.82. The van der Waals surface area contributed by atoms with Crippen LogP contribution in [0.15, 0.2) is 18.2 Å². The van der Waals surface area contributed by atoms with E-state index in [0.717, 1.165) is 6.07 Å². The third-order valence-corrected chi connectivity index (χ3v) is 2.40. The Morgan fingerprint density at radius 2 is 2.05 bits per heavy atom.